The molecule has 0 atom stereocenters. The molecule has 0 saturated carbocycles. The summed E-state index contributed by atoms with van der Waals surface area (Å²) in [5.74, 6) is 0.349. The minimum Gasteiger partial charge on any atom is -0.366 e. The van der Waals surface area contributed by atoms with Gasteiger partial charge in [-0.05, 0) is 31.5 Å². The predicted molar refractivity (Wildman–Crippen MR) is 114 cm³/mol. The Kier molecular flexibility index (Phi) is 9.43. The molecule has 0 spiro atoms. The maximum Gasteiger partial charge on any atom is 0.248 e. The van der Waals surface area contributed by atoms with Crippen LogP contribution in [0.1, 0.15) is 32.7 Å². The van der Waals surface area contributed by atoms with Gasteiger partial charge in [0.1, 0.15) is 0 Å². The Bertz CT molecular complexity index is 699. The summed E-state index contributed by atoms with van der Waals surface area (Å²) in [6, 6.07) is 7.17. The third-order valence-electron chi connectivity index (χ3n) is 3.30. The van der Waals surface area contributed by atoms with E-state index in [0.29, 0.717) is 12.1 Å². The summed E-state index contributed by atoms with van der Waals surface area (Å²) in [4.78, 5) is 21.2. The molecule has 1 heterocycles. The number of aromatic nitrogens is 1. The number of benzene rings is 1. The Morgan fingerprint density at radius 3 is 2.56 bits per heavy atom. The van der Waals surface area contributed by atoms with Crippen molar-refractivity contribution in [2.75, 3.05) is 13.1 Å². The molecule has 4 N–H and O–H groups in total. The molecule has 136 valence electrons. The third kappa shape index (κ3) is 7.39. The normalized spacial score (nSPS) is 10.9. The Morgan fingerprint density at radius 2 is 2.00 bits per heavy atom. The lowest BCUT2D eigenvalue weighted by atomic mass is 10.1. The summed E-state index contributed by atoms with van der Waals surface area (Å²) in [6.45, 7) is 6.19. The topological polar surface area (TPSA) is 92.4 Å². The van der Waals surface area contributed by atoms with Crippen LogP contribution < -0.4 is 16.4 Å². The van der Waals surface area contributed by atoms with Crippen molar-refractivity contribution in [3.05, 3.63) is 51.5 Å². The first kappa shape index (κ1) is 21.4. The molecular formula is C17H24IN5OS. The Hall–Kier alpha value is -1.68. The van der Waals surface area contributed by atoms with Gasteiger partial charge < -0.3 is 16.4 Å². The van der Waals surface area contributed by atoms with Gasteiger partial charge in [-0.15, -0.1) is 35.3 Å². The van der Waals surface area contributed by atoms with Crippen LogP contribution in [0, 0.1) is 6.92 Å². The minimum absolute atomic E-state index is 0. The standard InChI is InChI=1S/C17H23N5OS.HI/c1-3-19-17(20-9-8-15-21-10-12(2)24-15)22-11-13-4-6-14(7-5-13)16(18)23;/h4-7,10H,3,8-9,11H2,1-2H3,(H2,18,23)(H2,19,20,22);1H. The van der Waals surface area contributed by atoms with Crippen LogP contribution >= 0.6 is 35.3 Å². The fourth-order valence-corrected chi connectivity index (χ4v) is 2.88. The van der Waals surface area contributed by atoms with E-state index in [0.717, 1.165) is 36.0 Å². The quantitative estimate of drug-likeness (QED) is 0.327. The highest BCUT2D eigenvalue weighted by Crippen LogP contribution is 2.11. The molecule has 0 fully saturated rings. The van der Waals surface area contributed by atoms with E-state index in [1.807, 2.05) is 25.3 Å². The monoisotopic (exact) mass is 473 g/mol. The van der Waals surface area contributed by atoms with Gasteiger partial charge in [0.25, 0.3) is 0 Å². The van der Waals surface area contributed by atoms with Crippen molar-refractivity contribution in [1.82, 2.24) is 15.6 Å². The van der Waals surface area contributed by atoms with Crippen molar-refractivity contribution in [1.29, 1.82) is 0 Å². The van der Waals surface area contributed by atoms with E-state index in [1.54, 1.807) is 23.5 Å². The van der Waals surface area contributed by atoms with E-state index in [4.69, 9.17) is 5.73 Å². The first-order chi connectivity index (χ1) is 11.6. The molecule has 6 nitrogen and oxygen atoms in total. The van der Waals surface area contributed by atoms with E-state index in [9.17, 15) is 4.79 Å². The maximum atomic E-state index is 11.1. The number of carbonyl (C=O) groups excluding carboxylic acids is 1. The fourth-order valence-electron chi connectivity index (χ4n) is 2.09. The Balaban J connectivity index is 0.00000312. The van der Waals surface area contributed by atoms with E-state index in [-0.39, 0.29) is 24.0 Å². The van der Waals surface area contributed by atoms with Crippen LogP contribution in [-0.4, -0.2) is 29.9 Å². The molecule has 2 rings (SSSR count). The highest BCUT2D eigenvalue weighted by atomic mass is 127. The van der Waals surface area contributed by atoms with Crippen molar-refractivity contribution in [2.24, 2.45) is 10.7 Å². The summed E-state index contributed by atoms with van der Waals surface area (Å²) >= 11 is 1.72. The molecule has 0 saturated heterocycles. The Morgan fingerprint density at radius 1 is 1.28 bits per heavy atom. The van der Waals surface area contributed by atoms with Crippen LogP contribution in [0.5, 0.6) is 0 Å². The van der Waals surface area contributed by atoms with E-state index >= 15 is 0 Å². The van der Waals surface area contributed by atoms with E-state index in [1.165, 1.54) is 4.88 Å². The number of nitrogens with two attached hydrogens (primary N) is 1. The lowest BCUT2D eigenvalue weighted by Crippen LogP contribution is -2.38. The molecule has 0 aliphatic carbocycles. The number of hydrogen-bond acceptors (Lipinski definition) is 4. The van der Waals surface area contributed by atoms with Crippen molar-refractivity contribution in [3.8, 4) is 0 Å². The number of aryl methyl sites for hydroxylation is 1. The zero-order valence-corrected chi connectivity index (χ0v) is 17.6. The molecule has 2 aromatic rings. The number of carbonyl (C=O) groups is 1. The SMILES string of the molecule is CCNC(=NCc1ccc(C(N)=O)cc1)NCCc1ncc(C)s1.I. The number of thiazole rings is 1. The lowest BCUT2D eigenvalue weighted by molar-refractivity contribution is 0.100. The van der Waals surface area contributed by atoms with Gasteiger partial charge in [-0.2, -0.15) is 0 Å². The average Bonchev–Trinajstić information content (AvgIpc) is 2.98. The van der Waals surface area contributed by atoms with Gasteiger partial charge in [-0.1, -0.05) is 12.1 Å². The number of halogens is 1. The van der Waals surface area contributed by atoms with Crippen LogP contribution in [0.2, 0.25) is 0 Å². The van der Waals surface area contributed by atoms with E-state index < -0.39 is 5.91 Å². The number of amides is 1. The van der Waals surface area contributed by atoms with Crippen molar-refractivity contribution in [2.45, 2.75) is 26.8 Å². The molecule has 0 aliphatic rings. The van der Waals surface area contributed by atoms with Gasteiger partial charge >= 0.3 is 0 Å². The number of primary amides is 1. The van der Waals surface area contributed by atoms with Gasteiger partial charge in [0.2, 0.25) is 5.91 Å². The number of nitrogens with zero attached hydrogens (tertiary/aromatic N) is 2. The summed E-state index contributed by atoms with van der Waals surface area (Å²) in [6.07, 6.45) is 2.77. The number of rotatable bonds is 7. The number of nitrogens with one attached hydrogen (secondary N) is 2. The summed E-state index contributed by atoms with van der Waals surface area (Å²) in [5, 5.41) is 7.65. The van der Waals surface area contributed by atoms with Crippen LogP contribution in [0.3, 0.4) is 0 Å². The summed E-state index contributed by atoms with van der Waals surface area (Å²) in [7, 11) is 0. The fraction of sp³-hybridized carbons (Fsp3) is 0.353. The van der Waals surface area contributed by atoms with Crippen LogP contribution in [0.25, 0.3) is 0 Å². The van der Waals surface area contributed by atoms with Crippen molar-refractivity contribution < 1.29 is 4.79 Å². The molecule has 0 unspecified atom stereocenters. The first-order valence-electron chi connectivity index (χ1n) is 7.90. The largest absolute Gasteiger partial charge is 0.366 e. The van der Waals surface area contributed by atoms with Crippen LogP contribution in [0.4, 0.5) is 0 Å². The second kappa shape index (κ2) is 11.0. The molecule has 0 radical (unpaired) electrons. The minimum atomic E-state index is -0.419. The zero-order chi connectivity index (χ0) is 17.4. The van der Waals surface area contributed by atoms with Crippen LogP contribution in [-0.2, 0) is 13.0 Å². The average molecular weight is 473 g/mol. The summed E-state index contributed by atoms with van der Waals surface area (Å²) in [5.41, 5.74) is 6.77. The number of hydrogen-bond donors (Lipinski definition) is 3. The Labute approximate surface area is 169 Å². The molecule has 8 heteroatoms. The lowest BCUT2D eigenvalue weighted by Gasteiger charge is -2.10. The molecule has 0 aliphatic heterocycles. The molecule has 25 heavy (non-hydrogen) atoms. The summed E-state index contributed by atoms with van der Waals surface area (Å²) < 4.78 is 0. The van der Waals surface area contributed by atoms with Gasteiger partial charge in [-0.3, -0.25) is 4.79 Å². The van der Waals surface area contributed by atoms with Crippen LogP contribution in [0.15, 0.2) is 35.5 Å². The molecule has 1 aromatic heterocycles. The van der Waals surface area contributed by atoms with E-state index in [2.05, 4.69) is 27.5 Å². The smallest absolute Gasteiger partial charge is 0.248 e. The zero-order valence-electron chi connectivity index (χ0n) is 14.4. The molecule has 0 bridgehead atoms. The van der Waals surface area contributed by atoms with Gasteiger partial charge in [0.15, 0.2) is 5.96 Å². The van der Waals surface area contributed by atoms with Gasteiger partial charge in [-0.25, -0.2) is 9.98 Å². The highest BCUT2D eigenvalue weighted by molar-refractivity contribution is 14.0. The first-order valence-corrected chi connectivity index (χ1v) is 8.72. The number of aliphatic imine (C=N–C) groups is 1. The molecular weight excluding hydrogens is 449 g/mol. The van der Waals surface area contributed by atoms with Gasteiger partial charge in [0.05, 0.1) is 11.6 Å². The van der Waals surface area contributed by atoms with Gasteiger partial charge in [0, 0.05) is 36.1 Å². The maximum absolute atomic E-state index is 11.1. The van der Waals surface area contributed by atoms with Crippen molar-refractivity contribution in [3.63, 3.8) is 0 Å². The molecule has 1 amide bonds. The third-order valence-corrected chi connectivity index (χ3v) is 4.28. The number of guanidine groups is 1. The second-order valence-electron chi connectivity index (χ2n) is 5.30. The predicted octanol–water partition coefficient (Wildman–Crippen LogP) is 2.47. The second-order valence-corrected chi connectivity index (χ2v) is 6.62. The van der Waals surface area contributed by atoms with Crippen molar-refractivity contribution >= 4 is 47.2 Å². The molecule has 1 aromatic carbocycles. The highest BCUT2D eigenvalue weighted by Gasteiger charge is 2.02.